The summed E-state index contributed by atoms with van der Waals surface area (Å²) in [6, 6.07) is 12.4. The van der Waals surface area contributed by atoms with Gasteiger partial charge in [0.25, 0.3) is 0 Å². The van der Waals surface area contributed by atoms with Crippen molar-refractivity contribution in [2.75, 3.05) is 66.4 Å². The first kappa shape index (κ1) is 22.6. The summed E-state index contributed by atoms with van der Waals surface area (Å²) in [5.41, 5.74) is 4.61. The molecule has 0 saturated carbocycles. The zero-order valence-electron chi connectivity index (χ0n) is 20.0. The van der Waals surface area contributed by atoms with Crippen LogP contribution in [-0.2, 0) is 0 Å². The third-order valence-corrected chi connectivity index (χ3v) is 6.10. The van der Waals surface area contributed by atoms with E-state index in [4.69, 9.17) is 9.72 Å². The molecule has 0 atom stereocenters. The smallest absolute Gasteiger partial charge is 0.227 e. The molecule has 4 rings (SSSR count). The van der Waals surface area contributed by atoms with Crippen molar-refractivity contribution in [2.24, 2.45) is 0 Å². The van der Waals surface area contributed by atoms with Crippen molar-refractivity contribution >= 4 is 28.8 Å². The van der Waals surface area contributed by atoms with Gasteiger partial charge in [-0.2, -0.15) is 4.98 Å². The molecular formula is C25H33N7O. The molecule has 0 bridgehead atoms. The highest BCUT2D eigenvalue weighted by molar-refractivity contribution is 5.65. The molecule has 3 heterocycles. The van der Waals surface area contributed by atoms with Crippen LogP contribution in [0.25, 0.3) is 0 Å². The highest BCUT2D eigenvalue weighted by Crippen LogP contribution is 2.26. The van der Waals surface area contributed by atoms with Crippen LogP contribution in [0.15, 0.2) is 48.8 Å². The number of anilines is 5. The fourth-order valence-corrected chi connectivity index (χ4v) is 4.13. The number of ether oxygens (including phenoxy) is 1. The number of piperazine rings is 1. The van der Waals surface area contributed by atoms with Crippen LogP contribution in [0.2, 0.25) is 0 Å². The van der Waals surface area contributed by atoms with Gasteiger partial charge in [0.2, 0.25) is 11.8 Å². The van der Waals surface area contributed by atoms with E-state index in [1.807, 2.05) is 24.5 Å². The summed E-state index contributed by atoms with van der Waals surface area (Å²) in [5.74, 6) is 2.19. The highest BCUT2D eigenvalue weighted by Gasteiger charge is 2.20. The Morgan fingerprint density at radius 1 is 0.970 bits per heavy atom. The van der Waals surface area contributed by atoms with Gasteiger partial charge in [0.05, 0.1) is 19.0 Å². The van der Waals surface area contributed by atoms with E-state index >= 15 is 0 Å². The number of hydrogen-bond acceptors (Lipinski definition) is 8. The van der Waals surface area contributed by atoms with E-state index in [0.29, 0.717) is 5.88 Å². The van der Waals surface area contributed by atoms with Crippen LogP contribution in [0.1, 0.15) is 19.4 Å². The molecule has 1 aromatic carbocycles. The van der Waals surface area contributed by atoms with Gasteiger partial charge < -0.3 is 24.8 Å². The minimum Gasteiger partial charge on any atom is -0.481 e. The van der Waals surface area contributed by atoms with Gasteiger partial charge in [-0.25, -0.2) is 9.97 Å². The van der Waals surface area contributed by atoms with E-state index in [0.717, 1.165) is 62.4 Å². The summed E-state index contributed by atoms with van der Waals surface area (Å²) in [4.78, 5) is 20.5. The number of nitrogens with one attached hydrogen (secondary N) is 1. The van der Waals surface area contributed by atoms with Crippen LogP contribution in [0, 0.1) is 6.92 Å². The number of aryl methyl sites for hydroxylation is 1. The van der Waals surface area contributed by atoms with E-state index < -0.39 is 0 Å². The van der Waals surface area contributed by atoms with Gasteiger partial charge in [-0.1, -0.05) is 0 Å². The highest BCUT2D eigenvalue weighted by atomic mass is 16.5. The van der Waals surface area contributed by atoms with Crippen LogP contribution in [-0.4, -0.2) is 61.3 Å². The molecule has 0 amide bonds. The number of aromatic nitrogens is 3. The lowest BCUT2D eigenvalue weighted by Gasteiger charge is -2.36. The Morgan fingerprint density at radius 3 is 2.36 bits per heavy atom. The number of rotatable bonds is 8. The fraction of sp³-hybridized carbons (Fsp3) is 0.400. The average molecular weight is 448 g/mol. The molecule has 0 spiro atoms. The standard InChI is InChI=1S/C25H33N7O/c1-5-30(6-2)20-7-9-22(19(3)17-20)28-23-11-12-26-25(29-23)32-15-13-31(14-16-32)21-8-10-24(33-4)27-18-21/h7-12,17-18H,5-6,13-16H2,1-4H3,(H,26,28,29). The summed E-state index contributed by atoms with van der Waals surface area (Å²) in [6.45, 7) is 12.0. The van der Waals surface area contributed by atoms with Gasteiger partial charge in [-0.05, 0) is 56.7 Å². The molecule has 174 valence electrons. The molecular weight excluding hydrogens is 414 g/mol. The van der Waals surface area contributed by atoms with E-state index in [-0.39, 0.29) is 0 Å². The number of methoxy groups -OCH3 is 1. The first-order valence-corrected chi connectivity index (χ1v) is 11.6. The lowest BCUT2D eigenvalue weighted by Crippen LogP contribution is -2.47. The molecule has 0 unspecified atom stereocenters. The lowest BCUT2D eigenvalue weighted by molar-refractivity contribution is 0.398. The molecule has 1 N–H and O–H groups in total. The molecule has 8 nitrogen and oxygen atoms in total. The van der Waals surface area contributed by atoms with Gasteiger partial charge >= 0.3 is 0 Å². The zero-order chi connectivity index (χ0) is 23.2. The van der Waals surface area contributed by atoms with Crippen molar-refractivity contribution < 1.29 is 4.74 Å². The Morgan fingerprint density at radius 2 is 1.73 bits per heavy atom. The van der Waals surface area contributed by atoms with Gasteiger partial charge in [-0.3, -0.25) is 0 Å². The molecule has 0 radical (unpaired) electrons. The van der Waals surface area contributed by atoms with Gasteiger partial charge in [-0.15, -0.1) is 0 Å². The Labute approximate surface area is 196 Å². The SMILES string of the molecule is CCN(CC)c1ccc(Nc2ccnc(N3CCN(c4ccc(OC)nc4)CC3)n2)c(C)c1. The molecule has 33 heavy (non-hydrogen) atoms. The quantitative estimate of drug-likeness (QED) is 0.553. The fourth-order valence-electron chi connectivity index (χ4n) is 4.13. The predicted octanol–water partition coefficient (Wildman–Crippen LogP) is 4.11. The minimum atomic E-state index is 0.632. The molecule has 0 aliphatic carbocycles. The van der Waals surface area contributed by atoms with Crippen molar-refractivity contribution in [1.82, 2.24) is 15.0 Å². The second-order valence-electron chi connectivity index (χ2n) is 8.07. The summed E-state index contributed by atoms with van der Waals surface area (Å²) in [5, 5.41) is 3.47. The third-order valence-electron chi connectivity index (χ3n) is 6.10. The second-order valence-corrected chi connectivity index (χ2v) is 8.07. The number of benzene rings is 1. The van der Waals surface area contributed by atoms with Crippen LogP contribution in [0.5, 0.6) is 5.88 Å². The second kappa shape index (κ2) is 10.4. The van der Waals surface area contributed by atoms with Crippen molar-refractivity contribution in [1.29, 1.82) is 0 Å². The van der Waals surface area contributed by atoms with Gasteiger partial charge in [0.15, 0.2) is 0 Å². The first-order chi connectivity index (χ1) is 16.1. The molecule has 3 aromatic rings. The van der Waals surface area contributed by atoms with Crippen molar-refractivity contribution in [3.63, 3.8) is 0 Å². The number of hydrogen-bond donors (Lipinski definition) is 1. The van der Waals surface area contributed by atoms with Crippen molar-refractivity contribution in [3.05, 3.63) is 54.4 Å². The van der Waals surface area contributed by atoms with Crippen LogP contribution in [0.3, 0.4) is 0 Å². The van der Waals surface area contributed by atoms with E-state index in [1.165, 1.54) is 11.3 Å². The maximum Gasteiger partial charge on any atom is 0.227 e. The van der Waals surface area contributed by atoms with Crippen LogP contribution < -0.4 is 24.8 Å². The topological polar surface area (TPSA) is 69.7 Å². The number of pyridine rings is 1. The molecule has 1 aliphatic heterocycles. The molecule has 2 aromatic heterocycles. The maximum absolute atomic E-state index is 5.16. The van der Waals surface area contributed by atoms with Crippen molar-refractivity contribution in [2.45, 2.75) is 20.8 Å². The Bertz CT molecular complexity index is 1040. The summed E-state index contributed by atoms with van der Waals surface area (Å²) >= 11 is 0. The monoisotopic (exact) mass is 447 g/mol. The Hall–Kier alpha value is -3.55. The first-order valence-electron chi connectivity index (χ1n) is 11.6. The van der Waals surface area contributed by atoms with Gasteiger partial charge in [0, 0.05) is 62.9 Å². The third kappa shape index (κ3) is 5.27. The largest absolute Gasteiger partial charge is 0.481 e. The average Bonchev–Trinajstić information content (AvgIpc) is 2.87. The predicted molar refractivity (Wildman–Crippen MR) is 135 cm³/mol. The van der Waals surface area contributed by atoms with Crippen LogP contribution in [0.4, 0.5) is 28.8 Å². The zero-order valence-corrected chi connectivity index (χ0v) is 20.0. The lowest BCUT2D eigenvalue weighted by atomic mass is 10.1. The Kier molecular flexibility index (Phi) is 7.12. The van der Waals surface area contributed by atoms with Gasteiger partial charge in [0.1, 0.15) is 5.82 Å². The summed E-state index contributed by atoms with van der Waals surface area (Å²) < 4.78 is 5.16. The Balaban J connectivity index is 1.40. The van der Waals surface area contributed by atoms with E-state index in [1.54, 1.807) is 7.11 Å². The number of nitrogens with zero attached hydrogens (tertiary/aromatic N) is 6. The maximum atomic E-state index is 5.16. The normalized spacial score (nSPS) is 13.7. The van der Waals surface area contributed by atoms with E-state index in [2.05, 4.69) is 75.0 Å². The molecule has 1 saturated heterocycles. The van der Waals surface area contributed by atoms with Crippen molar-refractivity contribution in [3.8, 4) is 5.88 Å². The summed E-state index contributed by atoms with van der Waals surface area (Å²) in [6.07, 6.45) is 3.69. The summed E-state index contributed by atoms with van der Waals surface area (Å²) in [7, 11) is 1.63. The minimum absolute atomic E-state index is 0.632. The molecule has 8 heteroatoms. The van der Waals surface area contributed by atoms with E-state index in [9.17, 15) is 0 Å². The molecule has 1 fully saturated rings. The van der Waals surface area contributed by atoms with Crippen LogP contribution >= 0.6 is 0 Å². The molecule has 1 aliphatic rings.